The lowest BCUT2D eigenvalue weighted by atomic mass is 10.1. The van der Waals surface area contributed by atoms with Crippen molar-refractivity contribution >= 4 is 34.1 Å². The smallest absolute Gasteiger partial charge is 0.142 e. The van der Waals surface area contributed by atoms with Gasteiger partial charge in [0.15, 0.2) is 0 Å². The van der Waals surface area contributed by atoms with E-state index in [1.807, 2.05) is 0 Å². The average Bonchev–Trinajstić information content (AvgIpc) is 3.02. The van der Waals surface area contributed by atoms with Crippen LogP contribution in [0.4, 0.5) is 0 Å². The number of rotatable bonds is 8. The van der Waals surface area contributed by atoms with Crippen molar-refractivity contribution in [2.45, 2.75) is 12.8 Å². The van der Waals surface area contributed by atoms with Gasteiger partial charge >= 0.3 is 0 Å². The second-order valence-electron chi connectivity index (χ2n) is 7.54. The fourth-order valence-corrected chi connectivity index (χ4v) is 3.21. The number of benzene rings is 2. The maximum absolute atomic E-state index is 6.35. The van der Waals surface area contributed by atoms with Crippen LogP contribution in [0.2, 0.25) is 0 Å². The van der Waals surface area contributed by atoms with Gasteiger partial charge in [-0.3, -0.25) is 0 Å². The fraction of sp³-hybridized carbons (Fsp3) is 0.333. The van der Waals surface area contributed by atoms with E-state index in [1.54, 1.807) is 0 Å². The average molecular weight is 363 g/mol. The molecule has 3 heteroatoms. The molecule has 0 amide bonds. The van der Waals surface area contributed by atoms with Crippen molar-refractivity contribution in [3.8, 4) is 0 Å². The molecule has 0 unspecified atom stereocenters. The Hall–Kier alpha value is -2.36. The first-order valence-electron chi connectivity index (χ1n) is 9.63. The minimum absolute atomic E-state index is 0.975. The predicted octanol–water partition coefficient (Wildman–Crippen LogP) is 5.52. The number of hydrogen-bond acceptors (Lipinski definition) is 3. The van der Waals surface area contributed by atoms with Crippen molar-refractivity contribution in [3.05, 3.63) is 59.7 Å². The van der Waals surface area contributed by atoms with Crippen molar-refractivity contribution in [2.24, 2.45) is 0 Å². The van der Waals surface area contributed by atoms with Gasteiger partial charge in [0.2, 0.25) is 0 Å². The van der Waals surface area contributed by atoms with Crippen LogP contribution in [0.1, 0.15) is 24.0 Å². The summed E-state index contributed by atoms with van der Waals surface area (Å²) in [5.41, 5.74) is 4.24. The zero-order valence-corrected chi connectivity index (χ0v) is 16.9. The van der Waals surface area contributed by atoms with Crippen molar-refractivity contribution in [1.29, 1.82) is 0 Å². The summed E-state index contributed by atoms with van der Waals surface area (Å²) in [6.07, 6.45) is 10.9. The molecular formula is C24H30N2O. The predicted molar refractivity (Wildman–Crippen MR) is 118 cm³/mol. The molecule has 0 fully saturated rings. The molecule has 0 aliphatic carbocycles. The molecule has 0 atom stereocenters. The Bertz CT molecular complexity index is 871. The summed E-state index contributed by atoms with van der Waals surface area (Å²) in [7, 11) is 8.39. The van der Waals surface area contributed by atoms with E-state index >= 15 is 0 Å². The van der Waals surface area contributed by atoms with Crippen LogP contribution in [0.5, 0.6) is 0 Å². The minimum Gasteiger partial charge on any atom is -0.455 e. The number of furan rings is 1. The molecular weight excluding hydrogens is 332 g/mol. The molecule has 2 aromatic carbocycles. The second-order valence-corrected chi connectivity index (χ2v) is 7.54. The third-order valence-corrected chi connectivity index (χ3v) is 4.67. The summed E-state index contributed by atoms with van der Waals surface area (Å²) in [6, 6.07) is 12.8. The van der Waals surface area contributed by atoms with Crippen LogP contribution in [-0.2, 0) is 0 Å². The number of hydrogen-bond donors (Lipinski definition) is 0. The highest BCUT2D eigenvalue weighted by Gasteiger charge is 2.11. The Morgan fingerprint density at radius 1 is 0.704 bits per heavy atom. The number of nitrogens with zero attached hydrogens (tertiary/aromatic N) is 2. The molecule has 3 aromatic rings. The third-order valence-electron chi connectivity index (χ3n) is 4.67. The summed E-state index contributed by atoms with van der Waals surface area (Å²) in [4.78, 5) is 4.39. The monoisotopic (exact) mass is 362 g/mol. The van der Waals surface area contributed by atoms with Gasteiger partial charge in [0.1, 0.15) is 11.2 Å². The summed E-state index contributed by atoms with van der Waals surface area (Å²) >= 11 is 0. The highest BCUT2D eigenvalue weighted by molar-refractivity contribution is 6.09. The van der Waals surface area contributed by atoms with Gasteiger partial charge in [0.05, 0.1) is 0 Å². The molecule has 0 radical (unpaired) electrons. The molecule has 27 heavy (non-hydrogen) atoms. The largest absolute Gasteiger partial charge is 0.455 e. The van der Waals surface area contributed by atoms with E-state index in [9.17, 15) is 0 Å². The molecule has 0 saturated heterocycles. The molecule has 0 bridgehead atoms. The van der Waals surface area contributed by atoms with Crippen LogP contribution in [0.15, 0.2) is 53.0 Å². The van der Waals surface area contributed by atoms with E-state index < -0.39 is 0 Å². The fourth-order valence-electron chi connectivity index (χ4n) is 3.21. The first-order chi connectivity index (χ1) is 13.1. The van der Waals surface area contributed by atoms with Crippen molar-refractivity contribution in [1.82, 2.24) is 9.80 Å². The quantitative estimate of drug-likeness (QED) is 0.526. The second kappa shape index (κ2) is 9.03. The SMILES string of the molecule is CN(C)CC/C=C/c1cccc2c1oc1c(/C=C/CCN(C)C)cccc12. The van der Waals surface area contributed by atoms with Crippen molar-refractivity contribution < 1.29 is 4.42 Å². The normalized spacial score (nSPS) is 12.7. The molecule has 0 saturated carbocycles. The Labute approximate surface area is 162 Å². The van der Waals surface area contributed by atoms with Crippen molar-refractivity contribution in [2.75, 3.05) is 41.3 Å². The van der Waals surface area contributed by atoms with Gasteiger partial charge < -0.3 is 14.2 Å². The van der Waals surface area contributed by atoms with E-state index in [0.717, 1.165) is 48.2 Å². The standard InChI is InChI=1S/C24H30N2O/c1-25(2)17-7-5-11-19-13-9-15-21-22-16-10-14-20(24(22)27-23(19)21)12-6-8-18-26(3)4/h5-6,9-16H,7-8,17-18H2,1-4H3/b11-5+,12-6+. The van der Waals surface area contributed by atoms with Crippen LogP contribution >= 0.6 is 0 Å². The van der Waals surface area contributed by atoms with Gasteiger partial charge in [0, 0.05) is 35.0 Å². The maximum atomic E-state index is 6.35. The van der Waals surface area contributed by atoms with Gasteiger partial charge in [-0.15, -0.1) is 0 Å². The van der Waals surface area contributed by atoms with E-state index in [2.05, 4.69) is 98.7 Å². The van der Waals surface area contributed by atoms with E-state index in [4.69, 9.17) is 4.42 Å². The number of fused-ring (bicyclic) bond motifs is 3. The maximum Gasteiger partial charge on any atom is 0.142 e. The van der Waals surface area contributed by atoms with Crippen LogP contribution in [0.25, 0.3) is 34.1 Å². The molecule has 0 aliphatic heterocycles. The lowest BCUT2D eigenvalue weighted by Gasteiger charge is -2.05. The molecule has 1 heterocycles. The zero-order chi connectivity index (χ0) is 19.2. The Balaban J connectivity index is 1.93. The lowest BCUT2D eigenvalue weighted by Crippen LogP contribution is -2.11. The first kappa shape index (κ1) is 19.4. The third kappa shape index (κ3) is 4.88. The Kier molecular flexibility index (Phi) is 6.49. The molecule has 1 aromatic heterocycles. The van der Waals surface area contributed by atoms with Crippen molar-refractivity contribution in [3.63, 3.8) is 0 Å². The van der Waals surface area contributed by atoms with Gasteiger partial charge in [-0.2, -0.15) is 0 Å². The van der Waals surface area contributed by atoms with E-state index in [1.165, 1.54) is 10.8 Å². The first-order valence-corrected chi connectivity index (χ1v) is 9.63. The molecule has 142 valence electrons. The van der Waals surface area contributed by atoms with Gasteiger partial charge in [-0.1, -0.05) is 60.7 Å². The summed E-state index contributed by atoms with van der Waals surface area (Å²) in [6.45, 7) is 2.10. The van der Waals surface area contributed by atoms with Gasteiger partial charge in [-0.25, -0.2) is 0 Å². The topological polar surface area (TPSA) is 19.6 Å². The molecule has 3 rings (SSSR count). The van der Waals surface area contributed by atoms with Crippen LogP contribution in [-0.4, -0.2) is 51.1 Å². The summed E-state index contributed by atoms with van der Waals surface area (Å²) in [5, 5.41) is 2.37. The minimum atomic E-state index is 0.975. The number of para-hydroxylation sites is 2. The molecule has 3 nitrogen and oxygen atoms in total. The molecule has 0 N–H and O–H groups in total. The highest BCUT2D eigenvalue weighted by Crippen LogP contribution is 2.33. The Morgan fingerprint density at radius 2 is 1.15 bits per heavy atom. The summed E-state index contributed by atoms with van der Waals surface area (Å²) in [5.74, 6) is 0. The summed E-state index contributed by atoms with van der Waals surface area (Å²) < 4.78 is 6.35. The van der Waals surface area contributed by atoms with Gasteiger partial charge in [-0.05, 0) is 41.0 Å². The Morgan fingerprint density at radius 3 is 1.56 bits per heavy atom. The molecule has 0 spiro atoms. The zero-order valence-electron chi connectivity index (χ0n) is 16.9. The van der Waals surface area contributed by atoms with Gasteiger partial charge in [0.25, 0.3) is 0 Å². The lowest BCUT2D eigenvalue weighted by molar-refractivity contribution is 0.417. The van der Waals surface area contributed by atoms with E-state index in [0.29, 0.717) is 0 Å². The van der Waals surface area contributed by atoms with E-state index in [-0.39, 0.29) is 0 Å². The highest BCUT2D eigenvalue weighted by atomic mass is 16.3. The molecule has 0 aliphatic rings. The van der Waals surface area contributed by atoms with Crippen LogP contribution < -0.4 is 0 Å². The van der Waals surface area contributed by atoms with Crippen LogP contribution in [0.3, 0.4) is 0 Å². The van der Waals surface area contributed by atoms with Crippen LogP contribution in [0, 0.1) is 0 Å².